The van der Waals surface area contributed by atoms with Crippen LogP contribution in [-0.2, 0) is 10.0 Å². The summed E-state index contributed by atoms with van der Waals surface area (Å²) < 4.78 is 28.5. The summed E-state index contributed by atoms with van der Waals surface area (Å²) in [7, 11) is -3.82. The highest BCUT2D eigenvalue weighted by Crippen LogP contribution is 2.25. The van der Waals surface area contributed by atoms with Gasteiger partial charge in [-0.25, -0.2) is 13.2 Å². The number of hydrogen-bond donors (Lipinski definition) is 3. The van der Waals surface area contributed by atoms with E-state index in [-0.39, 0.29) is 4.90 Å². The number of urea groups is 1. The molecule has 3 N–H and O–H groups in total. The molecule has 3 aromatic rings. The molecule has 0 unspecified atom stereocenters. The van der Waals surface area contributed by atoms with Crippen LogP contribution in [0.3, 0.4) is 0 Å². The van der Waals surface area contributed by atoms with Crippen LogP contribution in [0.2, 0.25) is 0 Å². The zero-order valence-corrected chi connectivity index (χ0v) is 17.3. The maximum absolute atomic E-state index is 12.9. The van der Waals surface area contributed by atoms with E-state index in [2.05, 4.69) is 15.4 Å². The molecular weight excluding hydrogens is 386 g/mol. The largest absolute Gasteiger partial charge is 0.323 e. The molecule has 6 nitrogen and oxygen atoms in total. The topological polar surface area (TPSA) is 87.3 Å². The molecular formula is C22H23N3O3S. The fourth-order valence-electron chi connectivity index (χ4n) is 2.91. The Kier molecular flexibility index (Phi) is 5.89. The summed E-state index contributed by atoms with van der Waals surface area (Å²) in [5, 5.41) is 5.37. The average molecular weight is 410 g/mol. The SMILES string of the molecule is Cc1ccc(NS(=O)(=O)c2cc(NC(=O)Nc3ccccc3)ccc2C)c(C)c1. The van der Waals surface area contributed by atoms with Crippen molar-refractivity contribution in [2.45, 2.75) is 25.7 Å². The Labute approximate surface area is 171 Å². The lowest BCUT2D eigenvalue weighted by atomic mass is 10.1. The zero-order chi connectivity index (χ0) is 21.0. The maximum atomic E-state index is 12.9. The van der Waals surface area contributed by atoms with Crippen LogP contribution in [0, 0.1) is 20.8 Å². The highest BCUT2D eigenvalue weighted by Gasteiger charge is 2.19. The van der Waals surface area contributed by atoms with E-state index in [0.29, 0.717) is 22.6 Å². The molecule has 0 aliphatic rings. The highest BCUT2D eigenvalue weighted by atomic mass is 32.2. The van der Waals surface area contributed by atoms with Gasteiger partial charge in [-0.1, -0.05) is 42.0 Å². The van der Waals surface area contributed by atoms with E-state index < -0.39 is 16.1 Å². The van der Waals surface area contributed by atoms with Crippen molar-refractivity contribution in [2.75, 3.05) is 15.4 Å². The monoisotopic (exact) mass is 409 g/mol. The minimum absolute atomic E-state index is 0.106. The zero-order valence-electron chi connectivity index (χ0n) is 16.5. The quantitative estimate of drug-likeness (QED) is 0.551. The first kappa shape index (κ1) is 20.4. The van der Waals surface area contributed by atoms with Gasteiger partial charge in [-0.15, -0.1) is 0 Å². The van der Waals surface area contributed by atoms with Crippen LogP contribution < -0.4 is 15.4 Å². The van der Waals surface area contributed by atoms with Gasteiger partial charge in [0, 0.05) is 11.4 Å². The number of rotatable bonds is 5. The molecule has 2 amide bonds. The van der Waals surface area contributed by atoms with Crippen LogP contribution in [0.1, 0.15) is 16.7 Å². The lowest BCUT2D eigenvalue weighted by molar-refractivity contribution is 0.262. The molecule has 0 saturated carbocycles. The molecule has 0 saturated heterocycles. The van der Waals surface area contributed by atoms with Crippen molar-refractivity contribution < 1.29 is 13.2 Å². The van der Waals surface area contributed by atoms with Gasteiger partial charge in [0.25, 0.3) is 10.0 Å². The van der Waals surface area contributed by atoms with E-state index in [1.54, 1.807) is 37.3 Å². The molecule has 0 aliphatic carbocycles. The summed E-state index contributed by atoms with van der Waals surface area (Å²) in [4.78, 5) is 12.3. The third-order valence-corrected chi connectivity index (χ3v) is 5.90. The molecule has 0 aromatic heterocycles. The van der Waals surface area contributed by atoms with E-state index in [0.717, 1.165) is 11.1 Å². The fraction of sp³-hybridized carbons (Fsp3) is 0.136. The second-order valence-corrected chi connectivity index (χ2v) is 8.50. The third kappa shape index (κ3) is 5.14. The standard InChI is InChI=1S/C22H23N3O3S/c1-15-9-12-20(17(3)13-15)25-29(27,28)21-14-19(11-10-16(21)2)24-22(26)23-18-7-5-4-6-8-18/h4-14,25H,1-3H3,(H2,23,24,26). The molecule has 0 spiro atoms. The van der Waals surface area contributed by atoms with Gasteiger partial charge in [0.2, 0.25) is 0 Å². The fourth-order valence-corrected chi connectivity index (χ4v) is 4.31. The number of nitrogens with one attached hydrogen (secondary N) is 3. The van der Waals surface area contributed by atoms with Crippen molar-refractivity contribution in [3.63, 3.8) is 0 Å². The second-order valence-electron chi connectivity index (χ2n) is 6.85. The Hall–Kier alpha value is -3.32. The number of para-hydroxylation sites is 1. The van der Waals surface area contributed by atoms with Crippen LogP contribution in [0.15, 0.2) is 71.6 Å². The molecule has 3 rings (SSSR count). The summed E-state index contributed by atoms with van der Waals surface area (Å²) in [5.74, 6) is 0. The number of carbonyl (C=O) groups excluding carboxylic acids is 1. The van der Waals surface area contributed by atoms with Gasteiger partial charge in [-0.3, -0.25) is 4.72 Å². The number of benzene rings is 3. The third-order valence-electron chi connectivity index (χ3n) is 4.39. The summed E-state index contributed by atoms with van der Waals surface area (Å²) in [6.07, 6.45) is 0. The summed E-state index contributed by atoms with van der Waals surface area (Å²) in [6, 6.07) is 18.8. The van der Waals surface area contributed by atoms with Crippen molar-refractivity contribution >= 4 is 33.1 Å². The maximum Gasteiger partial charge on any atom is 0.323 e. The predicted octanol–water partition coefficient (Wildman–Crippen LogP) is 5.06. The van der Waals surface area contributed by atoms with Crippen LogP contribution >= 0.6 is 0 Å². The van der Waals surface area contributed by atoms with E-state index in [1.165, 1.54) is 6.07 Å². The van der Waals surface area contributed by atoms with E-state index in [9.17, 15) is 13.2 Å². The van der Waals surface area contributed by atoms with Gasteiger partial charge in [0.15, 0.2) is 0 Å². The van der Waals surface area contributed by atoms with E-state index in [1.807, 2.05) is 44.2 Å². The minimum atomic E-state index is -3.82. The van der Waals surface area contributed by atoms with Crippen molar-refractivity contribution in [1.29, 1.82) is 0 Å². The lowest BCUT2D eigenvalue weighted by Crippen LogP contribution is -2.20. The summed E-state index contributed by atoms with van der Waals surface area (Å²) in [6.45, 7) is 5.51. The Morgan fingerprint density at radius 3 is 2.14 bits per heavy atom. The first-order valence-electron chi connectivity index (χ1n) is 9.08. The normalized spacial score (nSPS) is 11.0. The van der Waals surface area contributed by atoms with Crippen LogP contribution in [-0.4, -0.2) is 14.4 Å². The summed E-state index contributed by atoms with van der Waals surface area (Å²) >= 11 is 0. The number of carbonyl (C=O) groups is 1. The first-order chi connectivity index (χ1) is 13.7. The van der Waals surface area contributed by atoms with Crippen molar-refractivity contribution in [3.8, 4) is 0 Å². The predicted molar refractivity (Wildman–Crippen MR) is 117 cm³/mol. The van der Waals surface area contributed by atoms with Gasteiger partial charge >= 0.3 is 6.03 Å². The number of hydrogen-bond acceptors (Lipinski definition) is 3. The molecule has 0 radical (unpaired) electrons. The van der Waals surface area contributed by atoms with Crippen LogP contribution in [0.25, 0.3) is 0 Å². The second kappa shape index (κ2) is 8.36. The number of aryl methyl sites for hydroxylation is 3. The average Bonchev–Trinajstić information content (AvgIpc) is 2.66. The molecule has 7 heteroatoms. The van der Waals surface area contributed by atoms with Crippen molar-refractivity contribution in [3.05, 3.63) is 83.4 Å². The van der Waals surface area contributed by atoms with Crippen molar-refractivity contribution in [2.24, 2.45) is 0 Å². The van der Waals surface area contributed by atoms with Crippen LogP contribution in [0.5, 0.6) is 0 Å². The Morgan fingerprint density at radius 2 is 1.45 bits per heavy atom. The Morgan fingerprint density at radius 1 is 0.759 bits per heavy atom. The Balaban J connectivity index is 1.81. The number of anilines is 3. The molecule has 0 aliphatic heterocycles. The molecule has 3 aromatic carbocycles. The van der Waals surface area contributed by atoms with E-state index in [4.69, 9.17) is 0 Å². The van der Waals surface area contributed by atoms with Crippen molar-refractivity contribution in [1.82, 2.24) is 0 Å². The van der Waals surface area contributed by atoms with Gasteiger partial charge in [-0.2, -0.15) is 0 Å². The smallest absolute Gasteiger partial charge is 0.308 e. The van der Waals surface area contributed by atoms with Gasteiger partial charge in [-0.05, 0) is 62.2 Å². The lowest BCUT2D eigenvalue weighted by Gasteiger charge is -2.14. The Bertz CT molecular complexity index is 1140. The molecule has 0 heterocycles. The van der Waals surface area contributed by atoms with E-state index >= 15 is 0 Å². The molecule has 0 fully saturated rings. The van der Waals surface area contributed by atoms with Gasteiger partial charge in [0.1, 0.15) is 0 Å². The number of amides is 2. The van der Waals surface area contributed by atoms with Gasteiger partial charge < -0.3 is 10.6 Å². The molecule has 29 heavy (non-hydrogen) atoms. The highest BCUT2D eigenvalue weighted by molar-refractivity contribution is 7.92. The molecule has 0 bridgehead atoms. The molecule has 0 atom stereocenters. The van der Waals surface area contributed by atoms with Gasteiger partial charge in [0.05, 0.1) is 10.6 Å². The summed E-state index contributed by atoms with van der Waals surface area (Å²) in [5.41, 5.74) is 4.01. The number of sulfonamides is 1. The molecule has 150 valence electrons. The first-order valence-corrected chi connectivity index (χ1v) is 10.6. The van der Waals surface area contributed by atoms with Crippen LogP contribution in [0.4, 0.5) is 21.9 Å². The minimum Gasteiger partial charge on any atom is -0.308 e.